The molecule has 0 bridgehead atoms. The van der Waals surface area contributed by atoms with E-state index in [0.717, 1.165) is 5.56 Å². The summed E-state index contributed by atoms with van der Waals surface area (Å²) in [6.45, 7) is 3.44. The molecule has 3 N–H and O–H groups in total. The maximum atomic E-state index is 11.5. The van der Waals surface area contributed by atoms with Gasteiger partial charge in [0.1, 0.15) is 6.54 Å². The number of anilines is 1. The van der Waals surface area contributed by atoms with E-state index in [0.29, 0.717) is 11.4 Å². The molecule has 0 fully saturated rings. The van der Waals surface area contributed by atoms with Gasteiger partial charge in [-0.15, -0.1) is 0 Å². The second-order valence-corrected chi connectivity index (χ2v) is 3.88. The highest BCUT2D eigenvalue weighted by molar-refractivity contribution is 5.99. The molecule has 1 aromatic rings. The van der Waals surface area contributed by atoms with Gasteiger partial charge in [0.2, 0.25) is 0 Å². The molecule has 1 aromatic carbocycles. The number of oxime groups is 1. The number of amides is 2. The van der Waals surface area contributed by atoms with Crippen LogP contribution in [-0.2, 0) is 9.53 Å². The zero-order valence-corrected chi connectivity index (χ0v) is 11.3. The molecule has 0 unspecified atom stereocenters. The molecule has 0 atom stereocenters. The normalized spacial score (nSPS) is 10.8. The molecule has 0 saturated carbocycles. The molecular formula is C13H17N3O4. The summed E-state index contributed by atoms with van der Waals surface area (Å²) < 4.78 is 4.68. The summed E-state index contributed by atoms with van der Waals surface area (Å²) in [5, 5.41) is 16.7. The van der Waals surface area contributed by atoms with Crippen LogP contribution in [0.2, 0.25) is 0 Å². The molecule has 0 saturated heterocycles. The number of urea groups is 1. The summed E-state index contributed by atoms with van der Waals surface area (Å²) in [7, 11) is 0. The molecule has 1 rings (SSSR count). The minimum Gasteiger partial charge on any atom is -0.465 e. The molecule has 0 aliphatic rings. The van der Waals surface area contributed by atoms with Crippen molar-refractivity contribution in [3.8, 4) is 0 Å². The van der Waals surface area contributed by atoms with Gasteiger partial charge in [-0.25, -0.2) is 4.79 Å². The molecule has 0 aliphatic heterocycles. The van der Waals surface area contributed by atoms with Crippen molar-refractivity contribution in [2.24, 2.45) is 5.16 Å². The predicted molar refractivity (Wildman–Crippen MR) is 74.1 cm³/mol. The number of carbonyl (C=O) groups is 2. The predicted octanol–water partition coefficient (Wildman–Crippen LogP) is 1.57. The number of nitrogens with zero attached hydrogens (tertiary/aromatic N) is 1. The van der Waals surface area contributed by atoms with E-state index in [2.05, 4.69) is 20.5 Å². The van der Waals surface area contributed by atoms with Crippen LogP contribution >= 0.6 is 0 Å². The highest BCUT2D eigenvalue weighted by Crippen LogP contribution is 2.10. The van der Waals surface area contributed by atoms with Crippen LogP contribution in [0.4, 0.5) is 10.5 Å². The smallest absolute Gasteiger partial charge is 0.325 e. The Morgan fingerprint density at radius 2 is 1.95 bits per heavy atom. The summed E-state index contributed by atoms with van der Waals surface area (Å²) in [5.74, 6) is -0.493. The average Bonchev–Trinajstić information content (AvgIpc) is 2.45. The number of hydrogen-bond donors (Lipinski definition) is 3. The Balaban J connectivity index is 2.48. The lowest BCUT2D eigenvalue weighted by Gasteiger charge is -2.07. The van der Waals surface area contributed by atoms with Gasteiger partial charge >= 0.3 is 12.0 Å². The third-order valence-electron chi connectivity index (χ3n) is 2.41. The highest BCUT2D eigenvalue weighted by atomic mass is 16.5. The van der Waals surface area contributed by atoms with Gasteiger partial charge in [-0.05, 0) is 31.5 Å². The largest absolute Gasteiger partial charge is 0.465 e. The molecule has 0 aromatic heterocycles. The Kier molecular flexibility index (Phi) is 6.02. The van der Waals surface area contributed by atoms with Crippen molar-refractivity contribution in [1.29, 1.82) is 0 Å². The lowest BCUT2D eigenvalue weighted by molar-refractivity contribution is -0.141. The number of carbonyl (C=O) groups excluding carboxylic acids is 2. The van der Waals surface area contributed by atoms with Gasteiger partial charge in [0, 0.05) is 5.69 Å². The first-order chi connectivity index (χ1) is 9.56. The van der Waals surface area contributed by atoms with Gasteiger partial charge in [0.05, 0.1) is 12.3 Å². The van der Waals surface area contributed by atoms with Crippen molar-refractivity contribution < 1.29 is 19.5 Å². The highest BCUT2D eigenvalue weighted by Gasteiger charge is 2.06. The molecule has 0 heterocycles. The van der Waals surface area contributed by atoms with Gasteiger partial charge in [0.25, 0.3) is 0 Å². The second kappa shape index (κ2) is 7.78. The molecule has 2 amide bonds. The third kappa shape index (κ3) is 4.97. The van der Waals surface area contributed by atoms with Gasteiger partial charge in [-0.3, -0.25) is 4.79 Å². The number of hydrogen-bond acceptors (Lipinski definition) is 5. The summed E-state index contributed by atoms with van der Waals surface area (Å²) >= 11 is 0. The maximum Gasteiger partial charge on any atom is 0.325 e. The van der Waals surface area contributed by atoms with Crippen molar-refractivity contribution in [2.45, 2.75) is 13.8 Å². The molecule has 0 spiro atoms. The van der Waals surface area contributed by atoms with E-state index in [1.165, 1.54) is 0 Å². The molecule has 20 heavy (non-hydrogen) atoms. The van der Waals surface area contributed by atoms with E-state index in [-0.39, 0.29) is 13.2 Å². The molecule has 0 aliphatic carbocycles. The van der Waals surface area contributed by atoms with Crippen molar-refractivity contribution in [2.75, 3.05) is 18.5 Å². The first-order valence-electron chi connectivity index (χ1n) is 6.06. The van der Waals surface area contributed by atoms with Gasteiger partial charge in [-0.1, -0.05) is 17.3 Å². The van der Waals surface area contributed by atoms with Crippen LogP contribution in [0.5, 0.6) is 0 Å². The lowest BCUT2D eigenvalue weighted by Crippen LogP contribution is -2.34. The quantitative estimate of drug-likeness (QED) is 0.329. The third-order valence-corrected chi connectivity index (χ3v) is 2.41. The number of ether oxygens (including phenoxy) is 1. The van der Waals surface area contributed by atoms with E-state index in [9.17, 15) is 9.59 Å². The standard InChI is InChI=1S/C13H17N3O4/c1-3-20-12(17)8-14-13(18)15-11-6-4-10(5-7-11)9(2)16-19/h4-7,19H,3,8H2,1-2H3,(H2,14,15,18)/b16-9+. The molecule has 7 nitrogen and oxygen atoms in total. The lowest BCUT2D eigenvalue weighted by atomic mass is 10.1. The Bertz CT molecular complexity index is 497. The van der Waals surface area contributed by atoms with E-state index in [4.69, 9.17) is 5.21 Å². The monoisotopic (exact) mass is 279 g/mol. The topological polar surface area (TPSA) is 100 Å². The zero-order chi connectivity index (χ0) is 15.0. The molecule has 0 radical (unpaired) electrons. The van der Waals surface area contributed by atoms with Gasteiger partial charge in [0.15, 0.2) is 0 Å². The van der Waals surface area contributed by atoms with Crippen LogP contribution < -0.4 is 10.6 Å². The Labute approximate surface area is 116 Å². The first-order valence-corrected chi connectivity index (χ1v) is 6.06. The van der Waals surface area contributed by atoms with Gasteiger partial charge in [-0.2, -0.15) is 0 Å². The SMILES string of the molecule is CCOC(=O)CNC(=O)Nc1ccc(/C(C)=N/O)cc1. The second-order valence-electron chi connectivity index (χ2n) is 3.88. The molecule has 108 valence electrons. The Morgan fingerprint density at radius 3 is 2.50 bits per heavy atom. The summed E-state index contributed by atoms with van der Waals surface area (Å²) in [6, 6.07) is 6.23. The van der Waals surface area contributed by atoms with E-state index in [1.807, 2.05) is 0 Å². The zero-order valence-electron chi connectivity index (χ0n) is 11.3. The van der Waals surface area contributed by atoms with E-state index < -0.39 is 12.0 Å². The van der Waals surface area contributed by atoms with E-state index >= 15 is 0 Å². The van der Waals surface area contributed by atoms with Crippen LogP contribution in [0, 0.1) is 0 Å². The number of benzene rings is 1. The van der Waals surface area contributed by atoms with Crippen LogP contribution in [-0.4, -0.2) is 36.1 Å². The summed E-state index contributed by atoms with van der Waals surface area (Å²) in [4.78, 5) is 22.6. The molecular weight excluding hydrogens is 262 g/mol. The first kappa shape index (κ1) is 15.5. The minimum atomic E-state index is -0.502. The van der Waals surface area contributed by atoms with Crippen molar-refractivity contribution in [3.05, 3.63) is 29.8 Å². The fraction of sp³-hybridized carbons (Fsp3) is 0.308. The summed E-state index contributed by atoms with van der Waals surface area (Å²) in [5.41, 5.74) is 1.77. The number of esters is 1. The number of rotatable bonds is 5. The minimum absolute atomic E-state index is 0.186. The number of nitrogens with one attached hydrogen (secondary N) is 2. The molecule has 7 heteroatoms. The fourth-order valence-corrected chi connectivity index (χ4v) is 1.39. The van der Waals surface area contributed by atoms with Crippen LogP contribution in [0.1, 0.15) is 19.4 Å². The van der Waals surface area contributed by atoms with Crippen molar-refractivity contribution in [3.63, 3.8) is 0 Å². The van der Waals surface area contributed by atoms with Gasteiger partial charge < -0.3 is 20.6 Å². The Morgan fingerprint density at radius 1 is 1.30 bits per heavy atom. The van der Waals surface area contributed by atoms with Crippen molar-refractivity contribution >= 4 is 23.4 Å². The Hall–Kier alpha value is -2.57. The van der Waals surface area contributed by atoms with E-state index in [1.54, 1.807) is 38.1 Å². The van der Waals surface area contributed by atoms with Crippen LogP contribution in [0.25, 0.3) is 0 Å². The average molecular weight is 279 g/mol. The maximum absolute atomic E-state index is 11.5. The summed E-state index contributed by atoms with van der Waals surface area (Å²) in [6.07, 6.45) is 0. The van der Waals surface area contributed by atoms with Crippen molar-refractivity contribution in [1.82, 2.24) is 5.32 Å². The van der Waals surface area contributed by atoms with Crippen LogP contribution in [0.15, 0.2) is 29.4 Å². The fourth-order valence-electron chi connectivity index (χ4n) is 1.39. The van der Waals surface area contributed by atoms with Crippen LogP contribution in [0.3, 0.4) is 0 Å².